The van der Waals surface area contributed by atoms with Gasteiger partial charge in [0.05, 0.1) is 13.7 Å². The van der Waals surface area contributed by atoms with Crippen molar-refractivity contribution in [2.24, 2.45) is 5.92 Å². The van der Waals surface area contributed by atoms with Crippen LogP contribution in [-0.4, -0.2) is 24.0 Å². The van der Waals surface area contributed by atoms with Gasteiger partial charge >= 0.3 is 5.97 Å². The van der Waals surface area contributed by atoms with E-state index in [-0.39, 0.29) is 11.8 Å². The van der Waals surface area contributed by atoms with Gasteiger partial charge in [0.25, 0.3) is 0 Å². The first-order valence-electron chi connectivity index (χ1n) is 5.01. The molecule has 1 aromatic rings. The molecule has 16 heavy (non-hydrogen) atoms. The van der Waals surface area contributed by atoms with Gasteiger partial charge in [-0.25, -0.2) is 9.78 Å². The zero-order valence-corrected chi connectivity index (χ0v) is 9.67. The number of nitrogens with one attached hydrogen (secondary N) is 1. The Balaban J connectivity index is 1.87. The number of aromatic nitrogens is 1. The molecule has 2 rings (SSSR count). The van der Waals surface area contributed by atoms with E-state index in [0.29, 0.717) is 12.2 Å². The van der Waals surface area contributed by atoms with Crippen LogP contribution in [0, 0.1) is 5.92 Å². The van der Waals surface area contributed by atoms with E-state index in [0.717, 1.165) is 17.8 Å². The third kappa shape index (κ3) is 2.57. The summed E-state index contributed by atoms with van der Waals surface area (Å²) in [6.07, 6.45) is 1.97. The Bertz CT molecular complexity index is 412. The SMILES string of the molecule is COC(=O)c1csc(CNC(=O)C2CC2)n1. The average molecular weight is 240 g/mol. The topological polar surface area (TPSA) is 68.3 Å². The molecule has 1 fully saturated rings. The lowest BCUT2D eigenvalue weighted by atomic mass is 10.4. The normalized spacial score (nSPS) is 14.6. The summed E-state index contributed by atoms with van der Waals surface area (Å²) in [5, 5.41) is 5.13. The standard InChI is InChI=1S/C10H12N2O3S/c1-15-10(14)7-5-16-8(12-7)4-11-9(13)6-2-3-6/h5-6H,2-4H2,1H3,(H,11,13). The first-order chi connectivity index (χ1) is 7.70. The van der Waals surface area contributed by atoms with Crippen LogP contribution in [0.3, 0.4) is 0 Å². The second-order valence-electron chi connectivity index (χ2n) is 3.61. The lowest BCUT2D eigenvalue weighted by Crippen LogP contribution is -2.24. The third-order valence-corrected chi connectivity index (χ3v) is 3.16. The minimum atomic E-state index is -0.448. The Morgan fingerprint density at radius 2 is 2.38 bits per heavy atom. The van der Waals surface area contributed by atoms with E-state index in [9.17, 15) is 9.59 Å². The number of hydrogen-bond donors (Lipinski definition) is 1. The molecule has 86 valence electrons. The van der Waals surface area contributed by atoms with E-state index >= 15 is 0 Å². The number of hydrogen-bond acceptors (Lipinski definition) is 5. The number of esters is 1. The summed E-state index contributed by atoms with van der Waals surface area (Å²) in [6, 6.07) is 0. The number of carbonyl (C=O) groups is 2. The summed E-state index contributed by atoms with van der Waals surface area (Å²) in [5.74, 6) is -0.175. The maximum atomic E-state index is 11.3. The number of rotatable bonds is 4. The van der Waals surface area contributed by atoms with Crippen LogP contribution in [-0.2, 0) is 16.1 Å². The summed E-state index contributed by atoms with van der Waals surface area (Å²) < 4.78 is 4.54. The molecule has 1 aliphatic carbocycles. The predicted octanol–water partition coefficient (Wildman–Crippen LogP) is 0.956. The van der Waals surface area contributed by atoms with E-state index in [1.807, 2.05) is 0 Å². The van der Waals surface area contributed by atoms with Crippen molar-refractivity contribution in [3.63, 3.8) is 0 Å². The fourth-order valence-electron chi connectivity index (χ4n) is 1.24. The van der Waals surface area contributed by atoms with Crippen LogP contribution in [0.2, 0.25) is 0 Å². The Morgan fingerprint density at radius 3 is 3.00 bits per heavy atom. The quantitative estimate of drug-likeness (QED) is 0.796. The zero-order valence-electron chi connectivity index (χ0n) is 8.86. The van der Waals surface area contributed by atoms with Gasteiger partial charge in [-0.3, -0.25) is 4.79 Å². The molecule has 1 heterocycles. The average Bonchev–Trinajstić information content (AvgIpc) is 3.04. The second kappa shape index (κ2) is 4.61. The molecular weight excluding hydrogens is 228 g/mol. The van der Waals surface area contributed by atoms with E-state index in [1.165, 1.54) is 18.4 Å². The smallest absolute Gasteiger partial charge is 0.357 e. The van der Waals surface area contributed by atoms with Crippen LogP contribution in [0.5, 0.6) is 0 Å². The molecule has 0 aromatic carbocycles. The van der Waals surface area contributed by atoms with Crippen molar-refractivity contribution in [2.75, 3.05) is 7.11 Å². The molecule has 1 amide bonds. The molecule has 0 saturated heterocycles. The molecule has 0 bridgehead atoms. The lowest BCUT2D eigenvalue weighted by molar-refractivity contribution is -0.122. The summed E-state index contributed by atoms with van der Waals surface area (Å²) in [5.41, 5.74) is 0.295. The molecule has 5 nitrogen and oxygen atoms in total. The number of ether oxygens (including phenoxy) is 1. The molecular formula is C10H12N2O3S. The third-order valence-electron chi connectivity index (χ3n) is 2.31. The van der Waals surface area contributed by atoms with Gasteiger partial charge < -0.3 is 10.1 Å². The first kappa shape index (κ1) is 11.1. The van der Waals surface area contributed by atoms with Gasteiger partial charge in [0.1, 0.15) is 5.01 Å². The number of thiazole rings is 1. The van der Waals surface area contributed by atoms with Crippen LogP contribution >= 0.6 is 11.3 Å². The largest absolute Gasteiger partial charge is 0.464 e. The fraction of sp³-hybridized carbons (Fsp3) is 0.500. The van der Waals surface area contributed by atoms with Gasteiger partial charge in [0.2, 0.25) is 5.91 Å². The van der Waals surface area contributed by atoms with Crippen molar-refractivity contribution in [1.82, 2.24) is 10.3 Å². The number of nitrogens with zero attached hydrogens (tertiary/aromatic N) is 1. The summed E-state index contributed by atoms with van der Waals surface area (Å²) in [6.45, 7) is 0.386. The number of amides is 1. The molecule has 1 N–H and O–H groups in total. The van der Waals surface area contributed by atoms with Crippen molar-refractivity contribution < 1.29 is 14.3 Å². The molecule has 0 aliphatic heterocycles. The Morgan fingerprint density at radius 1 is 1.62 bits per heavy atom. The Hall–Kier alpha value is -1.43. The van der Waals surface area contributed by atoms with Gasteiger partial charge in [0.15, 0.2) is 5.69 Å². The minimum absolute atomic E-state index is 0.0785. The summed E-state index contributed by atoms with van der Waals surface area (Å²) in [7, 11) is 1.32. The predicted molar refractivity (Wildman–Crippen MR) is 58.0 cm³/mol. The van der Waals surface area contributed by atoms with Gasteiger partial charge in [-0.15, -0.1) is 11.3 Å². The highest BCUT2D eigenvalue weighted by Crippen LogP contribution is 2.28. The van der Waals surface area contributed by atoms with E-state index < -0.39 is 5.97 Å². The molecule has 1 aromatic heterocycles. The number of methoxy groups -OCH3 is 1. The molecule has 1 saturated carbocycles. The second-order valence-corrected chi connectivity index (χ2v) is 4.55. The monoisotopic (exact) mass is 240 g/mol. The molecule has 6 heteroatoms. The summed E-state index contributed by atoms with van der Waals surface area (Å²) >= 11 is 1.34. The molecule has 1 aliphatic rings. The van der Waals surface area contributed by atoms with E-state index in [4.69, 9.17) is 0 Å². The Kier molecular flexibility index (Phi) is 3.19. The van der Waals surface area contributed by atoms with Gasteiger partial charge in [0, 0.05) is 11.3 Å². The van der Waals surface area contributed by atoms with Crippen LogP contribution in [0.25, 0.3) is 0 Å². The molecule has 0 spiro atoms. The van der Waals surface area contributed by atoms with Crippen LogP contribution in [0.15, 0.2) is 5.38 Å². The lowest BCUT2D eigenvalue weighted by Gasteiger charge is -1.99. The van der Waals surface area contributed by atoms with Gasteiger partial charge in [-0.05, 0) is 12.8 Å². The van der Waals surface area contributed by atoms with Crippen LogP contribution in [0.1, 0.15) is 28.3 Å². The van der Waals surface area contributed by atoms with Crippen molar-refractivity contribution in [1.29, 1.82) is 0 Å². The molecule has 0 radical (unpaired) electrons. The van der Waals surface area contributed by atoms with Crippen LogP contribution in [0.4, 0.5) is 0 Å². The highest BCUT2D eigenvalue weighted by Gasteiger charge is 2.29. The van der Waals surface area contributed by atoms with E-state index in [1.54, 1.807) is 5.38 Å². The highest BCUT2D eigenvalue weighted by molar-refractivity contribution is 7.09. The zero-order chi connectivity index (χ0) is 11.5. The van der Waals surface area contributed by atoms with Gasteiger partial charge in [-0.2, -0.15) is 0 Å². The van der Waals surface area contributed by atoms with Crippen molar-refractivity contribution in [3.8, 4) is 0 Å². The minimum Gasteiger partial charge on any atom is -0.464 e. The van der Waals surface area contributed by atoms with Crippen molar-refractivity contribution in [3.05, 3.63) is 16.1 Å². The van der Waals surface area contributed by atoms with Gasteiger partial charge in [-0.1, -0.05) is 0 Å². The number of carbonyl (C=O) groups excluding carboxylic acids is 2. The fourth-order valence-corrected chi connectivity index (χ4v) is 1.95. The van der Waals surface area contributed by atoms with Crippen molar-refractivity contribution >= 4 is 23.2 Å². The maximum Gasteiger partial charge on any atom is 0.357 e. The highest BCUT2D eigenvalue weighted by atomic mass is 32.1. The maximum absolute atomic E-state index is 11.3. The van der Waals surface area contributed by atoms with Crippen LogP contribution < -0.4 is 5.32 Å². The molecule has 0 atom stereocenters. The first-order valence-corrected chi connectivity index (χ1v) is 5.89. The van der Waals surface area contributed by atoms with Crippen molar-refractivity contribution in [2.45, 2.75) is 19.4 Å². The summed E-state index contributed by atoms with van der Waals surface area (Å²) in [4.78, 5) is 26.5. The van der Waals surface area contributed by atoms with E-state index in [2.05, 4.69) is 15.0 Å². The molecule has 0 unspecified atom stereocenters. The Labute approximate surface area is 96.8 Å².